The van der Waals surface area contributed by atoms with Crippen LogP contribution in [-0.2, 0) is 20.4 Å². The van der Waals surface area contributed by atoms with Gasteiger partial charge in [-0.1, -0.05) is 24.3 Å². The number of anilines is 1. The number of alkyl halides is 3. The molecule has 0 aliphatic carbocycles. The van der Waals surface area contributed by atoms with Gasteiger partial charge < -0.3 is 24.3 Å². The molecule has 7 nitrogen and oxygen atoms in total. The van der Waals surface area contributed by atoms with Gasteiger partial charge in [0, 0.05) is 29.3 Å². The molecule has 2 aliphatic heterocycles. The first-order chi connectivity index (χ1) is 17.2. The van der Waals surface area contributed by atoms with Crippen molar-refractivity contribution < 1.29 is 32.1 Å². The molecular weight excluding hydrogens is 475 g/mol. The molecule has 2 fully saturated rings. The van der Waals surface area contributed by atoms with Crippen molar-refractivity contribution in [3.63, 3.8) is 0 Å². The third-order valence-corrected chi connectivity index (χ3v) is 6.21. The Balaban J connectivity index is 1.50. The van der Waals surface area contributed by atoms with Crippen molar-refractivity contribution in [2.75, 3.05) is 25.1 Å². The molecule has 0 radical (unpaired) electrons. The van der Waals surface area contributed by atoms with Gasteiger partial charge in [0.25, 0.3) is 0 Å². The number of halogens is 3. The van der Waals surface area contributed by atoms with Crippen molar-refractivity contribution >= 4 is 16.6 Å². The van der Waals surface area contributed by atoms with E-state index in [1.807, 2.05) is 38.1 Å². The van der Waals surface area contributed by atoms with Crippen LogP contribution < -0.4 is 10.1 Å². The number of hydrogen-bond donors (Lipinski definition) is 1. The zero-order valence-electron chi connectivity index (χ0n) is 20.1. The van der Waals surface area contributed by atoms with Gasteiger partial charge in [0.1, 0.15) is 17.5 Å². The summed E-state index contributed by atoms with van der Waals surface area (Å²) >= 11 is 0. The minimum Gasteiger partial charge on any atom is -0.464 e. The van der Waals surface area contributed by atoms with E-state index in [1.165, 1.54) is 6.07 Å². The number of aromatic nitrogens is 2. The normalized spacial score (nSPS) is 22.0. The minimum atomic E-state index is -4.51. The Morgan fingerprint density at radius 2 is 1.89 bits per heavy atom. The molecule has 1 aromatic heterocycles. The highest BCUT2D eigenvalue weighted by Crippen LogP contribution is 2.40. The standard InChI is InChI=1S/C26H28F3N3O4/c1-25(2)34-15-17(36-25)14-30-24-19-8-4-3-7-18(19)23(31-32-24)20-11-10-16(26(27,28)29)13-21(20)35-22-9-5-6-12-33-22/h3-4,7-8,10-11,13,17,22H,5-6,9,12,14-15H2,1-2H3,(H,30,32). The van der Waals surface area contributed by atoms with E-state index in [1.54, 1.807) is 0 Å². The molecule has 2 aliphatic rings. The monoisotopic (exact) mass is 503 g/mol. The van der Waals surface area contributed by atoms with E-state index < -0.39 is 23.8 Å². The van der Waals surface area contributed by atoms with Gasteiger partial charge in [0.2, 0.25) is 0 Å². The molecule has 0 bridgehead atoms. The van der Waals surface area contributed by atoms with Crippen molar-refractivity contribution in [3.05, 3.63) is 48.0 Å². The van der Waals surface area contributed by atoms with Crippen LogP contribution in [0.15, 0.2) is 42.5 Å². The lowest BCUT2D eigenvalue weighted by Crippen LogP contribution is -2.26. The Morgan fingerprint density at radius 1 is 1.08 bits per heavy atom. The molecule has 2 atom stereocenters. The molecule has 2 unspecified atom stereocenters. The van der Waals surface area contributed by atoms with Crippen LogP contribution in [0.25, 0.3) is 22.0 Å². The maximum absolute atomic E-state index is 13.5. The second-order valence-corrected chi connectivity index (χ2v) is 9.40. The topological polar surface area (TPSA) is 74.7 Å². The van der Waals surface area contributed by atoms with Gasteiger partial charge in [-0.15, -0.1) is 10.2 Å². The van der Waals surface area contributed by atoms with Gasteiger partial charge in [-0.05, 0) is 44.9 Å². The van der Waals surface area contributed by atoms with Crippen LogP contribution >= 0.6 is 0 Å². The highest BCUT2D eigenvalue weighted by Gasteiger charge is 2.33. The van der Waals surface area contributed by atoms with E-state index in [4.69, 9.17) is 18.9 Å². The van der Waals surface area contributed by atoms with Gasteiger partial charge in [0.05, 0.1) is 18.8 Å². The summed E-state index contributed by atoms with van der Waals surface area (Å²) in [5.74, 6) is -0.0198. The predicted molar refractivity (Wildman–Crippen MR) is 128 cm³/mol. The first-order valence-electron chi connectivity index (χ1n) is 12.0. The number of fused-ring (bicyclic) bond motifs is 1. The molecule has 0 spiro atoms. The quantitative estimate of drug-likeness (QED) is 0.457. The van der Waals surface area contributed by atoms with Crippen LogP contribution in [0.4, 0.5) is 19.0 Å². The van der Waals surface area contributed by atoms with Crippen molar-refractivity contribution in [2.45, 2.75) is 57.5 Å². The molecule has 2 aromatic carbocycles. The fourth-order valence-electron chi connectivity index (χ4n) is 4.45. The van der Waals surface area contributed by atoms with Crippen molar-refractivity contribution in [2.24, 2.45) is 0 Å². The van der Waals surface area contributed by atoms with E-state index >= 15 is 0 Å². The first kappa shape index (κ1) is 24.7. The molecular formula is C26H28F3N3O4. The largest absolute Gasteiger partial charge is 0.464 e. The zero-order valence-corrected chi connectivity index (χ0v) is 20.1. The second-order valence-electron chi connectivity index (χ2n) is 9.40. The minimum absolute atomic E-state index is 0.0654. The molecule has 0 amide bonds. The van der Waals surface area contributed by atoms with E-state index in [9.17, 15) is 13.2 Å². The summed E-state index contributed by atoms with van der Waals surface area (Å²) in [4.78, 5) is 0. The van der Waals surface area contributed by atoms with E-state index in [2.05, 4.69) is 15.5 Å². The number of benzene rings is 2. The summed E-state index contributed by atoms with van der Waals surface area (Å²) in [5.41, 5.74) is 0.0493. The zero-order chi connectivity index (χ0) is 25.3. The van der Waals surface area contributed by atoms with Crippen LogP contribution in [0.5, 0.6) is 5.75 Å². The Kier molecular flexibility index (Phi) is 6.76. The summed E-state index contributed by atoms with van der Waals surface area (Å²) in [6.45, 7) is 5.15. The lowest BCUT2D eigenvalue weighted by molar-refractivity contribution is -0.138. The lowest BCUT2D eigenvalue weighted by Gasteiger charge is -2.25. The van der Waals surface area contributed by atoms with Gasteiger partial charge in [-0.25, -0.2) is 0 Å². The van der Waals surface area contributed by atoms with E-state index in [0.717, 1.165) is 35.7 Å². The molecule has 36 heavy (non-hydrogen) atoms. The smallest absolute Gasteiger partial charge is 0.416 e. The maximum atomic E-state index is 13.5. The maximum Gasteiger partial charge on any atom is 0.416 e. The van der Waals surface area contributed by atoms with E-state index in [0.29, 0.717) is 43.3 Å². The Labute approximate surface area is 206 Å². The summed E-state index contributed by atoms with van der Waals surface area (Å²) < 4.78 is 63.6. The summed E-state index contributed by atoms with van der Waals surface area (Å²) in [6, 6.07) is 10.9. The fourth-order valence-corrected chi connectivity index (χ4v) is 4.45. The number of nitrogens with one attached hydrogen (secondary N) is 1. The summed E-state index contributed by atoms with van der Waals surface area (Å²) in [5, 5.41) is 13.6. The van der Waals surface area contributed by atoms with Crippen molar-refractivity contribution in [1.29, 1.82) is 0 Å². The fraction of sp³-hybridized carbons (Fsp3) is 0.462. The molecule has 3 heterocycles. The van der Waals surface area contributed by atoms with Crippen molar-refractivity contribution in [1.82, 2.24) is 10.2 Å². The second kappa shape index (κ2) is 9.84. The predicted octanol–water partition coefficient (Wildman–Crippen LogP) is 5.78. The average Bonchev–Trinajstić information content (AvgIpc) is 3.21. The van der Waals surface area contributed by atoms with Gasteiger partial charge in [-0.3, -0.25) is 0 Å². The van der Waals surface area contributed by atoms with Crippen LogP contribution in [-0.4, -0.2) is 48.1 Å². The number of hydrogen-bond acceptors (Lipinski definition) is 7. The van der Waals surface area contributed by atoms with Crippen LogP contribution in [0.1, 0.15) is 38.7 Å². The van der Waals surface area contributed by atoms with Crippen molar-refractivity contribution in [3.8, 4) is 17.0 Å². The Morgan fingerprint density at radius 3 is 2.58 bits per heavy atom. The molecule has 3 aromatic rings. The highest BCUT2D eigenvalue weighted by molar-refractivity contribution is 6.00. The summed E-state index contributed by atoms with van der Waals surface area (Å²) in [6.07, 6.45) is -2.88. The molecule has 10 heteroatoms. The van der Waals surface area contributed by atoms with Crippen LogP contribution in [0.3, 0.4) is 0 Å². The van der Waals surface area contributed by atoms with Crippen LogP contribution in [0.2, 0.25) is 0 Å². The van der Waals surface area contributed by atoms with Gasteiger partial charge >= 0.3 is 6.18 Å². The number of nitrogens with zero attached hydrogens (tertiary/aromatic N) is 2. The highest BCUT2D eigenvalue weighted by atomic mass is 19.4. The van der Waals surface area contributed by atoms with Gasteiger partial charge in [0.15, 0.2) is 17.9 Å². The SMILES string of the molecule is CC1(C)OCC(CNc2nnc(-c3ccc(C(F)(F)F)cc3OC3CCCCO3)c3ccccc23)O1. The lowest BCUT2D eigenvalue weighted by atomic mass is 10.0. The molecule has 1 N–H and O–H groups in total. The average molecular weight is 504 g/mol. The Hall–Kier alpha value is -2.95. The van der Waals surface area contributed by atoms with Gasteiger partial charge in [-0.2, -0.15) is 13.2 Å². The molecule has 5 rings (SSSR count). The number of ether oxygens (including phenoxy) is 4. The third-order valence-electron chi connectivity index (χ3n) is 6.21. The van der Waals surface area contributed by atoms with E-state index in [-0.39, 0.29) is 11.9 Å². The Bertz CT molecular complexity index is 1230. The van der Waals surface area contributed by atoms with Crippen LogP contribution in [0, 0.1) is 0 Å². The third kappa shape index (κ3) is 5.40. The molecule has 192 valence electrons. The number of rotatable bonds is 6. The molecule has 0 saturated carbocycles. The summed E-state index contributed by atoms with van der Waals surface area (Å²) in [7, 11) is 0. The molecule has 2 saturated heterocycles. The first-order valence-corrected chi connectivity index (χ1v) is 12.0.